The van der Waals surface area contributed by atoms with Crippen LogP contribution in [0.4, 0.5) is 10.1 Å². The van der Waals surface area contributed by atoms with Crippen LogP contribution in [0.3, 0.4) is 0 Å². The molecule has 2 aliphatic heterocycles. The number of anilines is 1. The molecule has 2 saturated heterocycles. The van der Waals surface area contributed by atoms with E-state index in [-0.39, 0.29) is 35.3 Å². The highest BCUT2D eigenvalue weighted by Gasteiger charge is 2.34. The van der Waals surface area contributed by atoms with Gasteiger partial charge in [0.1, 0.15) is 5.82 Å². The Labute approximate surface area is 204 Å². The number of halogens is 2. The van der Waals surface area contributed by atoms with Crippen LogP contribution in [0.25, 0.3) is 0 Å². The van der Waals surface area contributed by atoms with Gasteiger partial charge in [0.05, 0.1) is 6.54 Å². The molecule has 0 spiro atoms. The molecule has 0 bridgehead atoms. The number of nitrogens with one attached hydrogen (secondary N) is 2. The van der Waals surface area contributed by atoms with Crippen molar-refractivity contribution in [2.24, 2.45) is 4.99 Å². The molecule has 2 heterocycles. The third-order valence-electron chi connectivity index (χ3n) is 6.51. The Bertz CT molecular complexity index is 724. The van der Waals surface area contributed by atoms with E-state index < -0.39 is 0 Å². The van der Waals surface area contributed by atoms with Crippen LogP contribution in [0.5, 0.6) is 0 Å². The van der Waals surface area contributed by atoms with Gasteiger partial charge in [-0.3, -0.25) is 4.99 Å². The van der Waals surface area contributed by atoms with Crippen LogP contribution < -0.4 is 15.5 Å². The van der Waals surface area contributed by atoms with Gasteiger partial charge < -0.3 is 25.2 Å². The number of benzene rings is 1. The molecule has 0 radical (unpaired) electrons. The van der Waals surface area contributed by atoms with Gasteiger partial charge in [0.15, 0.2) is 5.96 Å². The van der Waals surface area contributed by atoms with Crippen molar-refractivity contribution in [3.05, 3.63) is 29.6 Å². The van der Waals surface area contributed by atoms with Gasteiger partial charge in [-0.25, -0.2) is 4.39 Å². The molecular formula is C23H39FIN5O. The summed E-state index contributed by atoms with van der Waals surface area (Å²) in [7, 11) is 4.29. The molecule has 2 N–H and O–H groups in total. The van der Waals surface area contributed by atoms with E-state index in [1.165, 1.54) is 0 Å². The van der Waals surface area contributed by atoms with Crippen LogP contribution in [-0.2, 0) is 4.74 Å². The number of hydrogen-bond acceptors (Lipinski definition) is 4. The minimum Gasteiger partial charge on any atom is -0.381 e. The number of aliphatic imine (C=N–C) groups is 1. The van der Waals surface area contributed by atoms with E-state index in [0.717, 1.165) is 82.3 Å². The SMILES string of the molecule is CCNC(=NCC1(N(C)C)CCOCC1)NC1CCCN(c2ccc(F)cc2C)C1.I. The summed E-state index contributed by atoms with van der Waals surface area (Å²) >= 11 is 0. The third-order valence-corrected chi connectivity index (χ3v) is 6.51. The predicted molar refractivity (Wildman–Crippen MR) is 137 cm³/mol. The molecule has 0 amide bonds. The monoisotopic (exact) mass is 547 g/mol. The first-order chi connectivity index (χ1) is 14.4. The van der Waals surface area contributed by atoms with E-state index in [9.17, 15) is 4.39 Å². The van der Waals surface area contributed by atoms with Crippen molar-refractivity contribution in [1.29, 1.82) is 0 Å². The van der Waals surface area contributed by atoms with E-state index in [4.69, 9.17) is 9.73 Å². The molecule has 1 atom stereocenters. The smallest absolute Gasteiger partial charge is 0.191 e. The number of guanidine groups is 1. The minimum absolute atomic E-state index is 0. The van der Waals surface area contributed by atoms with Crippen LogP contribution in [0.2, 0.25) is 0 Å². The number of piperidine rings is 1. The lowest BCUT2D eigenvalue weighted by Gasteiger charge is -2.42. The lowest BCUT2D eigenvalue weighted by atomic mass is 9.89. The molecule has 2 fully saturated rings. The topological polar surface area (TPSA) is 52.1 Å². The van der Waals surface area contributed by atoms with E-state index in [1.54, 1.807) is 12.1 Å². The van der Waals surface area contributed by atoms with Crippen LogP contribution in [0, 0.1) is 12.7 Å². The second kappa shape index (κ2) is 12.2. The molecule has 6 nitrogen and oxygen atoms in total. The zero-order valence-electron chi connectivity index (χ0n) is 19.4. The van der Waals surface area contributed by atoms with Crippen molar-refractivity contribution in [3.63, 3.8) is 0 Å². The average Bonchev–Trinajstić information content (AvgIpc) is 2.73. The van der Waals surface area contributed by atoms with E-state index in [2.05, 4.69) is 41.5 Å². The molecule has 0 saturated carbocycles. The van der Waals surface area contributed by atoms with Gasteiger partial charge in [-0.2, -0.15) is 0 Å². The summed E-state index contributed by atoms with van der Waals surface area (Å²) in [5, 5.41) is 7.08. The zero-order valence-corrected chi connectivity index (χ0v) is 21.7. The standard InChI is InChI=1S/C23H38FN5O.HI/c1-5-25-22(26-17-23(28(3)4)10-13-30-14-11-23)27-20-7-6-12-29(16-20)21-9-8-19(24)15-18(21)2;/h8-9,15,20H,5-7,10-14,16-17H2,1-4H3,(H2,25,26,27);1H. The number of ether oxygens (including phenoxy) is 1. The molecule has 8 heteroatoms. The van der Waals surface area contributed by atoms with Gasteiger partial charge in [0.25, 0.3) is 0 Å². The van der Waals surface area contributed by atoms with E-state index in [0.29, 0.717) is 6.04 Å². The Morgan fingerprint density at radius 1 is 1.32 bits per heavy atom. The molecule has 0 aliphatic carbocycles. The molecule has 176 valence electrons. The fraction of sp³-hybridized carbons (Fsp3) is 0.696. The van der Waals surface area contributed by atoms with Crippen molar-refractivity contribution in [1.82, 2.24) is 15.5 Å². The summed E-state index contributed by atoms with van der Waals surface area (Å²) in [5.74, 6) is 0.709. The van der Waals surface area contributed by atoms with Crippen molar-refractivity contribution in [3.8, 4) is 0 Å². The fourth-order valence-electron chi connectivity index (χ4n) is 4.53. The summed E-state index contributed by atoms with van der Waals surface area (Å²) in [6, 6.07) is 5.38. The van der Waals surface area contributed by atoms with Crippen LogP contribution in [0.15, 0.2) is 23.2 Å². The Hall–Kier alpha value is -1.13. The molecule has 3 rings (SSSR count). The number of nitrogens with zero attached hydrogens (tertiary/aromatic N) is 3. The first-order valence-electron chi connectivity index (χ1n) is 11.2. The van der Waals surface area contributed by atoms with Crippen molar-refractivity contribution in [2.75, 3.05) is 58.4 Å². The highest BCUT2D eigenvalue weighted by atomic mass is 127. The van der Waals surface area contributed by atoms with Gasteiger partial charge in [0.2, 0.25) is 0 Å². The van der Waals surface area contributed by atoms with Gasteiger partial charge >= 0.3 is 0 Å². The average molecular weight is 548 g/mol. The number of aryl methyl sites for hydroxylation is 1. The maximum atomic E-state index is 13.5. The molecule has 1 unspecified atom stereocenters. The quantitative estimate of drug-likeness (QED) is 0.325. The highest BCUT2D eigenvalue weighted by molar-refractivity contribution is 14.0. The Balaban J connectivity index is 0.00000341. The number of rotatable bonds is 6. The fourth-order valence-corrected chi connectivity index (χ4v) is 4.53. The van der Waals surface area contributed by atoms with Crippen molar-refractivity contribution < 1.29 is 9.13 Å². The van der Waals surface area contributed by atoms with Gasteiger partial charge in [0, 0.05) is 50.1 Å². The van der Waals surface area contributed by atoms with Gasteiger partial charge in [-0.1, -0.05) is 0 Å². The summed E-state index contributed by atoms with van der Waals surface area (Å²) in [6.07, 6.45) is 4.22. The lowest BCUT2D eigenvalue weighted by Crippen LogP contribution is -2.54. The second-order valence-electron chi connectivity index (χ2n) is 8.79. The molecule has 31 heavy (non-hydrogen) atoms. The maximum Gasteiger partial charge on any atom is 0.191 e. The molecule has 1 aromatic carbocycles. The molecule has 1 aromatic rings. The zero-order chi connectivity index (χ0) is 21.6. The van der Waals surface area contributed by atoms with Crippen LogP contribution >= 0.6 is 24.0 Å². The van der Waals surface area contributed by atoms with Crippen LogP contribution in [0.1, 0.15) is 38.2 Å². The normalized spacial score (nSPS) is 21.5. The second-order valence-corrected chi connectivity index (χ2v) is 8.79. The van der Waals surface area contributed by atoms with Crippen LogP contribution in [-0.4, -0.2) is 75.9 Å². The van der Waals surface area contributed by atoms with Gasteiger partial charge in [-0.15, -0.1) is 24.0 Å². The summed E-state index contributed by atoms with van der Waals surface area (Å²) in [5.41, 5.74) is 2.17. The van der Waals surface area contributed by atoms with Gasteiger partial charge in [-0.05, 0) is 77.4 Å². The predicted octanol–water partition coefficient (Wildman–Crippen LogP) is 3.39. The van der Waals surface area contributed by atoms with E-state index in [1.807, 2.05) is 13.0 Å². The van der Waals surface area contributed by atoms with Crippen molar-refractivity contribution >= 4 is 35.6 Å². The first kappa shape index (κ1) is 26.1. The Morgan fingerprint density at radius 3 is 2.71 bits per heavy atom. The Kier molecular flexibility index (Phi) is 10.3. The lowest BCUT2D eigenvalue weighted by molar-refractivity contribution is -0.00255. The first-order valence-corrected chi connectivity index (χ1v) is 11.2. The minimum atomic E-state index is -0.174. The summed E-state index contributed by atoms with van der Waals surface area (Å²) < 4.78 is 19.1. The Morgan fingerprint density at radius 2 is 2.06 bits per heavy atom. The van der Waals surface area contributed by atoms with E-state index >= 15 is 0 Å². The molecular weight excluding hydrogens is 508 g/mol. The third kappa shape index (κ3) is 6.92. The maximum absolute atomic E-state index is 13.5. The highest BCUT2D eigenvalue weighted by Crippen LogP contribution is 2.27. The largest absolute Gasteiger partial charge is 0.381 e. The summed E-state index contributed by atoms with van der Waals surface area (Å²) in [4.78, 5) is 9.65. The summed E-state index contributed by atoms with van der Waals surface area (Å²) in [6.45, 7) is 9.16. The molecule has 2 aliphatic rings. The molecule has 0 aromatic heterocycles. The van der Waals surface area contributed by atoms with Crippen molar-refractivity contribution in [2.45, 2.75) is 51.1 Å². The number of hydrogen-bond donors (Lipinski definition) is 2. The number of likely N-dealkylation sites (N-methyl/N-ethyl adjacent to an activating group) is 1.